The van der Waals surface area contributed by atoms with Gasteiger partial charge in [-0.25, -0.2) is 14.4 Å². The molecule has 0 spiro atoms. The number of hydrogen-bond donors (Lipinski definition) is 2. The average molecular weight is 502 g/mol. The maximum Gasteiger partial charge on any atom is 0.418 e. The van der Waals surface area contributed by atoms with Gasteiger partial charge in [-0.1, -0.05) is 12.1 Å². The van der Waals surface area contributed by atoms with Crippen LogP contribution in [0, 0.1) is 5.82 Å². The molecular weight excluding hydrogens is 482 g/mol. The van der Waals surface area contributed by atoms with Crippen molar-refractivity contribution in [3.05, 3.63) is 63.9 Å². The molecule has 3 heterocycles. The van der Waals surface area contributed by atoms with Crippen LogP contribution < -0.4 is 10.0 Å². The number of likely N-dealkylation sites (tertiary alicyclic amines) is 1. The van der Waals surface area contributed by atoms with Crippen LogP contribution >= 0.6 is 11.3 Å². The highest BCUT2D eigenvalue weighted by atomic mass is 32.2. The van der Waals surface area contributed by atoms with Crippen molar-refractivity contribution >= 4 is 32.9 Å². The summed E-state index contributed by atoms with van der Waals surface area (Å²) in [6.07, 6.45) is -3.03. The van der Waals surface area contributed by atoms with Gasteiger partial charge in [0.05, 0.1) is 23.0 Å². The van der Waals surface area contributed by atoms with Crippen molar-refractivity contribution in [3.63, 3.8) is 0 Å². The van der Waals surface area contributed by atoms with E-state index in [1.807, 2.05) is 0 Å². The molecule has 13 heteroatoms. The van der Waals surface area contributed by atoms with E-state index in [1.54, 1.807) is 12.1 Å². The van der Waals surface area contributed by atoms with Gasteiger partial charge in [0.2, 0.25) is 0 Å². The highest BCUT2D eigenvalue weighted by Crippen LogP contribution is 2.36. The van der Waals surface area contributed by atoms with E-state index in [9.17, 15) is 26.0 Å². The van der Waals surface area contributed by atoms with Crippen LogP contribution in [0.5, 0.6) is 0 Å². The molecule has 0 unspecified atom stereocenters. The molecule has 1 aliphatic rings. The standard InChI is InChI=1S/C20H19F4N5O2S2/c21-16-4-1-3-13(10-29-5-2-6-29)14(16)8-25-17-9-26-19(7-15(17)20(22,23)24)33(30,31)28-18-11-32-12-27-18/h1,3-4,7,9,11-12,25,28H,2,5-6,8,10H2. The van der Waals surface area contributed by atoms with Crippen LogP contribution in [0.1, 0.15) is 23.1 Å². The first-order valence-electron chi connectivity index (χ1n) is 9.84. The van der Waals surface area contributed by atoms with E-state index in [0.717, 1.165) is 37.0 Å². The molecule has 0 radical (unpaired) electrons. The molecule has 0 bridgehead atoms. The first-order valence-corrected chi connectivity index (χ1v) is 12.3. The Bertz CT molecular complexity index is 1230. The van der Waals surface area contributed by atoms with Crippen LogP contribution in [-0.4, -0.2) is 36.4 Å². The maximum absolute atomic E-state index is 14.5. The fourth-order valence-corrected chi connectivity index (χ4v) is 4.84. The number of benzene rings is 1. The van der Waals surface area contributed by atoms with E-state index in [4.69, 9.17) is 0 Å². The zero-order valence-electron chi connectivity index (χ0n) is 17.1. The van der Waals surface area contributed by atoms with E-state index in [1.165, 1.54) is 17.0 Å². The minimum Gasteiger partial charge on any atom is -0.379 e. The number of anilines is 2. The minimum absolute atomic E-state index is 0.0214. The lowest BCUT2D eigenvalue weighted by molar-refractivity contribution is -0.137. The molecule has 33 heavy (non-hydrogen) atoms. The van der Waals surface area contributed by atoms with Gasteiger partial charge in [0.25, 0.3) is 10.0 Å². The fourth-order valence-electron chi connectivity index (χ4n) is 3.33. The number of thiazole rings is 1. The van der Waals surface area contributed by atoms with Crippen molar-refractivity contribution in [1.82, 2.24) is 14.9 Å². The summed E-state index contributed by atoms with van der Waals surface area (Å²) in [7, 11) is -4.38. The Morgan fingerprint density at radius 2 is 1.97 bits per heavy atom. The fraction of sp³-hybridized carbons (Fsp3) is 0.300. The zero-order chi connectivity index (χ0) is 23.6. The number of alkyl halides is 3. The SMILES string of the molecule is O=S(=O)(Nc1cscn1)c1cc(C(F)(F)F)c(NCc2c(F)cccc2CN2CCC2)cn1. The molecule has 3 aromatic rings. The third kappa shape index (κ3) is 5.42. The topological polar surface area (TPSA) is 87.2 Å². The summed E-state index contributed by atoms with van der Waals surface area (Å²) >= 11 is 1.12. The van der Waals surface area contributed by atoms with Crippen LogP contribution in [0.4, 0.5) is 29.1 Å². The van der Waals surface area contributed by atoms with Crippen molar-refractivity contribution in [3.8, 4) is 0 Å². The largest absolute Gasteiger partial charge is 0.418 e. The average Bonchev–Trinajstić information content (AvgIpc) is 3.21. The molecule has 0 saturated carbocycles. The Labute approximate surface area is 191 Å². The normalized spacial score (nSPS) is 14.7. The maximum atomic E-state index is 14.5. The number of pyridine rings is 1. The highest BCUT2D eigenvalue weighted by Gasteiger charge is 2.36. The number of sulfonamides is 1. The lowest BCUT2D eigenvalue weighted by Gasteiger charge is -2.31. The molecule has 1 aromatic carbocycles. The third-order valence-corrected chi connectivity index (χ3v) is 6.98. The van der Waals surface area contributed by atoms with Crippen molar-refractivity contribution in [2.24, 2.45) is 0 Å². The van der Waals surface area contributed by atoms with Crippen molar-refractivity contribution in [2.45, 2.75) is 30.7 Å². The molecule has 4 rings (SSSR count). The predicted octanol–water partition coefficient (Wildman–Crippen LogP) is 4.31. The summed E-state index contributed by atoms with van der Waals surface area (Å²) in [6.45, 7) is 2.05. The Morgan fingerprint density at radius 3 is 2.61 bits per heavy atom. The molecule has 0 aliphatic carbocycles. The second-order valence-electron chi connectivity index (χ2n) is 7.41. The summed E-state index contributed by atoms with van der Waals surface area (Å²) in [6, 6.07) is 4.99. The summed E-state index contributed by atoms with van der Waals surface area (Å²) in [5.41, 5.74) is 0.623. The van der Waals surface area contributed by atoms with Gasteiger partial charge in [-0.2, -0.15) is 21.6 Å². The van der Waals surface area contributed by atoms with Gasteiger partial charge in [0.15, 0.2) is 10.8 Å². The van der Waals surface area contributed by atoms with Gasteiger partial charge in [0.1, 0.15) is 5.82 Å². The molecule has 2 aromatic heterocycles. The molecule has 2 N–H and O–H groups in total. The lowest BCUT2D eigenvalue weighted by Crippen LogP contribution is -2.36. The second-order valence-corrected chi connectivity index (χ2v) is 9.75. The molecule has 0 amide bonds. The minimum atomic E-state index is -4.87. The molecule has 0 atom stereocenters. The van der Waals surface area contributed by atoms with Crippen molar-refractivity contribution in [2.75, 3.05) is 23.1 Å². The molecule has 176 valence electrons. The lowest BCUT2D eigenvalue weighted by atomic mass is 10.0. The first kappa shape index (κ1) is 23.4. The van der Waals surface area contributed by atoms with Gasteiger partial charge >= 0.3 is 6.18 Å². The summed E-state index contributed by atoms with van der Waals surface area (Å²) in [4.78, 5) is 9.55. The van der Waals surface area contributed by atoms with Crippen LogP contribution in [0.2, 0.25) is 0 Å². The monoisotopic (exact) mass is 501 g/mol. The number of nitrogens with zero attached hydrogens (tertiary/aromatic N) is 3. The molecule has 1 saturated heterocycles. The van der Waals surface area contributed by atoms with E-state index < -0.39 is 38.3 Å². The van der Waals surface area contributed by atoms with Crippen molar-refractivity contribution < 1.29 is 26.0 Å². The predicted molar refractivity (Wildman–Crippen MR) is 116 cm³/mol. The van der Waals surface area contributed by atoms with E-state index in [2.05, 4.69) is 24.9 Å². The third-order valence-electron chi connectivity index (χ3n) is 5.14. The number of aromatic nitrogens is 2. The Kier molecular flexibility index (Phi) is 6.54. The Balaban J connectivity index is 1.60. The zero-order valence-corrected chi connectivity index (χ0v) is 18.7. The number of rotatable bonds is 8. The van der Waals surface area contributed by atoms with E-state index in [-0.39, 0.29) is 17.9 Å². The van der Waals surface area contributed by atoms with Gasteiger partial charge < -0.3 is 5.32 Å². The second kappa shape index (κ2) is 9.23. The highest BCUT2D eigenvalue weighted by molar-refractivity contribution is 7.92. The van der Waals surface area contributed by atoms with Crippen molar-refractivity contribution in [1.29, 1.82) is 0 Å². The van der Waals surface area contributed by atoms with Crippen LogP contribution in [0.3, 0.4) is 0 Å². The molecule has 7 nitrogen and oxygen atoms in total. The molecule has 1 fully saturated rings. The Morgan fingerprint density at radius 1 is 1.18 bits per heavy atom. The number of nitrogens with one attached hydrogen (secondary N) is 2. The van der Waals surface area contributed by atoms with Crippen LogP contribution in [0.25, 0.3) is 0 Å². The van der Waals surface area contributed by atoms with E-state index >= 15 is 0 Å². The number of halogens is 4. The van der Waals surface area contributed by atoms with Gasteiger partial charge in [-0.3, -0.25) is 9.62 Å². The van der Waals surface area contributed by atoms with E-state index in [0.29, 0.717) is 18.2 Å². The van der Waals surface area contributed by atoms with Crippen LogP contribution in [0.15, 0.2) is 46.4 Å². The first-order chi connectivity index (χ1) is 15.6. The van der Waals surface area contributed by atoms with Crippen LogP contribution in [-0.2, 0) is 29.3 Å². The van der Waals surface area contributed by atoms with Gasteiger partial charge in [-0.15, -0.1) is 11.3 Å². The van der Waals surface area contributed by atoms with Gasteiger partial charge in [0, 0.05) is 24.0 Å². The smallest absolute Gasteiger partial charge is 0.379 e. The summed E-state index contributed by atoms with van der Waals surface area (Å²) < 4.78 is 82.6. The van der Waals surface area contributed by atoms with Gasteiger partial charge in [-0.05, 0) is 37.2 Å². The quantitative estimate of drug-likeness (QED) is 0.448. The Hall–Kier alpha value is -2.77. The summed E-state index contributed by atoms with van der Waals surface area (Å²) in [5.74, 6) is -0.555. The summed E-state index contributed by atoms with van der Waals surface area (Å²) in [5, 5.41) is 3.17. The molecule has 1 aliphatic heterocycles. The number of hydrogen-bond acceptors (Lipinski definition) is 7. The molecular formula is C20H19F4N5O2S2.